The molecule has 0 spiro atoms. The fourth-order valence-electron chi connectivity index (χ4n) is 3.89. The highest BCUT2D eigenvalue weighted by Crippen LogP contribution is 2.37. The predicted molar refractivity (Wildman–Crippen MR) is 138 cm³/mol. The number of sulfone groups is 1. The molecule has 0 aliphatic carbocycles. The highest BCUT2D eigenvalue weighted by Gasteiger charge is 2.23. The third-order valence-corrected chi connectivity index (χ3v) is 6.07. The normalized spacial score (nSPS) is 12.6. The lowest BCUT2D eigenvalue weighted by atomic mass is 9.97. The summed E-state index contributed by atoms with van der Waals surface area (Å²) in [6, 6.07) is 9.52. The Balaban J connectivity index is 2.20. The molecule has 0 fully saturated rings. The Morgan fingerprint density at radius 1 is 1.14 bits per heavy atom. The smallest absolute Gasteiger partial charge is 0.355 e. The van der Waals surface area contributed by atoms with Gasteiger partial charge in [0.1, 0.15) is 17.1 Å². The number of nitrogens with one attached hydrogen (secondary N) is 1. The van der Waals surface area contributed by atoms with E-state index in [-0.39, 0.29) is 17.9 Å². The Bertz CT molecular complexity index is 1460. The average Bonchev–Trinajstić information content (AvgIpc) is 3.12. The SMILES string of the molecule is CCOC(=O)c1[nH]c2c(/C(C)=C/C(=O)OC(C)(C)C)cccc2c1-c1ccc(CS(C)(=O)=O)c(F)c1. The molecule has 2 aromatic carbocycles. The van der Waals surface area contributed by atoms with Crippen LogP contribution in [0.3, 0.4) is 0 Å². The van der Waals surface area contributed by atoms with Crippen LogP contribution in [0.1, 0.15) is 56.2 Å². The molecule has 9 heteroatoms. The Labute approximate surface area is 210 Å². The monoisotopic (exact) mass is 515 g/mol. The number of ether oxygens (including phenoxy) is 2. The van der Waals surface area contributed by atoms with Crippen molar-refractivity contribution in [2.24, 2.45) is 0 Å². The maximum absolute atomic E-state index is 14.9. The molecule has 3 rings (SSSR count). The number of rotatable bonds is 7. The van der Waals surface area contributed by atoms with Gasteiger partial charge >= 0.3 is 11.9 Å². The largest absolute Gasteiger partial charge is 0.461 e. The van der Waals surface area contributed by atoms with Crippen LogP contribution in [-0.2, 0) is 29.9 Å². The molecule has 192 valence electrons. The zero-order chi connectivity index (χ0) is 26.8. The number of halogens is 1. The van der Waals surface area contributed by atoms with Crippen molar-refractivity contribution in [3.05, 3.63) is 65.1 Å². The Morgan fingerprint density at radius 3 is 2.42 bits per heavy atom. The molecule has 0 saturated heterocycles. The molecule has 1 heterocycles. The zero-order valence-corrected chi connectivity index (χ0v) is 22.0. The number of benzene rings is 2. The van der Waals surface area contributed by atoms with Crippen molar-refractivity contribution in [1.82, 2.24) is 4.98 Å². The number of hydrogen-bond donors (Lipinski definition) is 1. The van der Waals surface area contributed by atoms with Gasteiger partial charge in [-0.3, -0.25) is 0 Å². The molecular weight excluding hydrogens is 485 g/mol. The molecule has 0 bridgehead atoms. The van der Waals surface area contributed by atoms with E-state index in [1.807, 2.05) is 0 Å². The van der Waals surface area contributed by atoms with Crippen molar-refractivity contribution >= 4 is 38.3 Å². The summed E-state index contributed by atoms with van der Waals surface area (Å²) in [4.78, 5) is 28.3. The van der Waals surface area contributed by atoms with Gasteiger partial charge in [0.05, 0.1) is 17.9 Å². The molecule has 0 aliphatic heterocycles. The number of aromatic nitrogens is 1. The topological polar surface area (TPSA) is 103 Å². The van der Waals surface area contributed by atoms with Crippen LogP contribution < -0.4 is 0 Å². The van der Waals surface area contributed by atoms with E-state index < -0.39 is 38.9 Å². The molecule has 3 aromatic rings. The fraction of sp³-hybridized carbons (Fsp3) is 0.333. The molecule has 0 radical (unpaired) electrons. The Hall–Kier alpha value is -3.46. The summed E-state index contributed by atoms with van der Waals surface area (Å²) in [5.74, 6) is -2.25. The number of aromatic amines is 1. The van der Waals surface area contributed by atoms with E-state index in [0.717, 1.165) is 6.26 Å². The van der Waals surface area contributed by atoms with Crippen molar-refractivity contribution in [3.8, 4) is 11.1 Å². The van der Waals surface area contributed by atoms with Crippen LogP contribution in [0.25, 0.3) is 27.6 Å². The van der Waals surface area contributed by atoms with E-state index in [9.17, 15) is 22.4 Å². The third-order valence-electron chi connectivity index (χ3n) is 5.24. The lowest BCUT2D eigenvalue weighted by Gasteiger charge is -2.18. The van der Waals surface area contributed by atoms with Crippen LogP contribution in [0.2, 0.25) is 0 Å². The first kappa shape index (κ1) is 27.1. The Kier molecular flexibility index (Phi) is 7.73. The van der Waals surface area contributed by atoms with E-state index in [1.54, 1.807) is 58.9 Å². The average molecular weight is 516 g/mol. The summed E-state index contributed by atoms with van der Waals surface area (Å²) in [6.45, 7) is 8.90. The molecule has 36 heavy (non-hydrogen) atoms. The maximum atomic E-state index is 14.9. The van der Waals surface area contributed by atoms with Gasteiger partial charge < -0.3 is 14.5 Å². The molecule has 0 atom stereocenters. The number of para-hydroxylation sites is 1. The van der Waals surface area contributed by atoms with Gasteiger partial charge in [-0.1, -0.05) is 30.3 Å². The summed E-state index contributed by atoms with van der Waals surface area (Å²) in [6.07, 6.45) is 2.41. The van der Waals surface area contributed by atoms with E-state index in [0.29, 0.717) is 33.2 Å². The molecule has 0 amide bonds. The highest BCUT2D eigenvalue weighted by molar-refractivity contribution is 7.89. The van der Waals surface area contributed by atoms with Gasteiger partial charge in [-0.2, -0.15) is 0 Å². The number of esters is 2. The quantitative estimate of drug-likeness (QED) is 0.332. The molecular formula is C27H30FNO6S. The van der Waals surface area contributed by atoms with Crippen molar-refractivity contribution < 1.29 is 31.9 Å². The van der Waals surface area contributed by atoms with Crippen LogP contribution in [0.15, 0.2) is 42.5 Å². The summed E-state index contributed by atoms with van der Waals surface area (Å²) < 4.78 is 48.8. The van der Waals surface area contributed by atoms with E-state index >= 15 is 0 Å². The second kappa shape index (κ2) is 10.3. The minimum absolute atomic E-state index is 0.0376. The Morgan fingerprint density at radius 2 is 1.83 bits per heavy atom. The van der Waals surface area contributed by atoms with Gasteiger partial charge in [-0.05, 0) is 51.8 Å². The second-order valence-electron chi connectivity index (χ2n) is 9.56. The number of allylic oxidation sites excluding steroid dienone is 1. The van der Waals surface area contributed by atoms with Crippen LogP contribution in [0.5, 0.6) is 0 Å². The lowest BCUT2D eigenvalue weighted by molar-refractivity contribution is -0.148. The van der Waals surface area contributed by atoms with Crippen molar-refractivity contribution in [2.45, 2.75) is 46.0 Å². The lowest BCUT2D eigenvalue weighted by Crippen LogP contribution is -2.22. The number of carbonyl (C=O) groups is 2. The van der Waals surface area contributed by atoms with Crippen LogP contribution in [0, 0.1) is 5.82 Å². The first-order valence-electron chi connectivity index (χ1n) is 11.4. The molecule has 0 saturated carbocycles. The number of hydrogen-bond acceptors (Lipinski definition) is 6. The maximum Gasteiger partial charge on any atom is 0.355 e. The first-order chi connectivity index (χ1) is 16.7. The van der Waals surface area contributed by atoms with Gasteiger partial charge in [-0.15, -0.1) is 0 Å². The summed E-state index contributed by atoms with van der Waals surface area (Å²) in [7, 11) is -3.43. The third kappa shape index (κ3) is 6.40. The van der Waals surface area contributed by atoms with Crippen molar-refractivity contribution in [1.29, 1.82) is 0 Å². The summed E-state index contributed by atoms with van der Waals surface area (Å²) in [5, 5.41) is 0.614. The standard InChI is InChI=1S/C27H30FNO6S/c1-7-34-26(31)25-23(17-11-12-18(21(28)14-17)15-36(6,32)33)20-10-8-9-19(24(20)29-25)16(2)13-22(30)35-27(3,4)5/h8-14,29H,7,15H2,1-6H3/b16-13+. The van der Waals surface area contributed by atoms with Crippen LogP contribution in [-0.4, -0.2) is 43.8 Å². The first-order valence-corrected chi connectivity index (χ1v) is 13.5. The number of H-pyrrole nitrogens is 1. The predicted octanol–water partition coefficient (Wildman–Crippen LogP) is 5.44. The fourth-order valence-corrected chi connectivity index (χ4v) is 4.69. The van der Waals surface area contributed by atoms with Gasteiger partial charge in [-0.25, -0.2) is 22.4 Å². The van der Waals surface area contributed by atoms with E-state index in [2.05, 4.69) is 4.98 Å². The van der Waals surface area contributed by atoms with Gasteiger partial charge in [0.2, 0.25) is 0 Å². The van der Waals surface area contributed by atoms with Gasteiger partial charge in [0.25, 0.3) is 0 Å². The van der Waals surface area contributed by atoms with Gasteiger partial charge in [0, 0.05) is 34.4 Å². The summed E-state index contributed by atoms with van der Waals surface area (Å²) in [5.41, 5.74) is 2.13. The zero-order valence-electron chi connectivity index (χ0n) is 21.2. The minimum Gasteiger partial charge on any atom is -0.461 e. The van der Waals surface area contributed by atoms with Crippen LogP contribution in [0.4, 0.5) is 4.39 Å². The van der Waals surface area contributed by atoms with Crippen molar-refractivity contribution in [2.75, 3.05) is 12.9 Å². The number of fused-ring (bicyclic) bond motifs is 1. The summed E-state index contributed by atoms with van der Waals surface area (Å²) >= 11 is 0. The van der Waals surface area contributed by atoms with E-state index in [1.165, 1.54) is 18.2 Å². The van der Waals surface area contributed by atoms with Crippen LogP contribution >= 0.6 is 0 Å². The van der Waals surface area contributed by atoms with Gasteiger partial charge in [0.15, 0.2) is 9.84 Å². The molecule has 0 aliphatic rings. The molecule has 1 aromatic heterocycles. The molecule has 1 N–H and O–H groups in total. The number of carbonyl (C=O) groups excluding carboxylic acids is 2. The second-order valence-corrected chi connectivity index (χ2v) is 11.7. The van der Waals surface area contributed by atoms with E-state index in [4.69, 9.17) is 9.47 Å². The molecule has 7 nitrogen and oxygen atoms in total. The highest BCUT2D eigenvalue weighted by atomic mass is 32.2. The molecule has 0 unspecified atom stereocenters. The van der Waals surface area contributed by atoms with Crippen molar-refractivity contribution in [3.63, 3.8) is 0 Å². The minimum atomic E-state index is -3.43.